The van der Waals surface area contributed by atoms with Crippen molar-refractivity contribution >= 4 is 23.4 Å². The van der Waals surface area contributed by atoms with E-state index < -0.39 is 6.09 Å². The van der Waals surface area contributed by atoms with Crippen LogP contribution in [0.1, 0.15) is 36.7 Å². The van der Waals surface area contributed by atoms with Crippen LogP contribution in [0.3, 0.4) is 0 Å². The summed E-state index contributed by atoms with van der Waals surface area (Å²) < 4.78 is 8.19. The lowest BCUT2D eigenvalue weighted by Gasteiger charge is -2.14. The predicted molar refractivity (Wildman–Crippen MR) is 154 cm³/mol. The molecule has 3 heterocycles. The van der Waals surface area contributed by atoms with Gasteiger partial charge < -0.3 is 9.72 Å². The number of carbonyl (C=O) groups is 1. The standard InChI is InChI=1S/C30H28ClN7O3/c1-40-30(39)34-23-9-5-20(6-10-23)26-17-32-29(35-26)25(15-19-3-4-19)28-11-7-21(18-38(28)41-2)24-16-22(31)8-12-27(24)37-14-13-33-36-37/h5-14,16-19,25H,3-4,15H2,1-2H3,(H-,32,33,34,35,36,39)/p+1. The van der Waals surface area contributed by atoms with Gasteiger partial charge in [-0.05, 0) is 54.3 Å². The summed E-state index contributed by atoms with van der Waals surface area (Å²) in [7, 11) is 3.00. The van der Waals surface area contributed by atoms with Crippen LogP contribution in [-0.2, 0) is 4.74 Å². The van der Waals surface area contributed by atoms with Gasteiger partial charge in [-0.15, -0.1) is 5.10 Å². The zero-order valence-electron chi connectivity index (χ0n) is 22.6. The maximum absolute atomic E-state index is 11.5. The van der Waals surface area contributed by atoms with Crippen LogP contribution in [0, 0.1) is 5.92 Å². The number of benzene rings is 2. The number of ether oxygens (including phenoxy) is 1. The van der Waals surface area contributed by atoms with Gasteiger partial charge in [-0.3, -0.25) is 10.2 Å². The SMILES string of the molecule is COC(=O)Nc1ccc(-c2cnc(C(CC3CC3)c3ccc(-c4cc(Cl)ccc4-n4ccnn4)c[n+]3OC)[nH]2)cc1. The number of pyridine rings is 1. The van der Waals surface area contributed by atoms with E-state index in [1.807, 2.05) is 59.6 Å². The first kappa shape index (κ1) is 26.5. The normalized spacial score (nSPS) is 13.5. The van der Waals surface area contributed by atoms with Gasteiger partial charge >= 0.3 is 6.09 Å². The number of amides is 1. The third kappa shape index (κ3) is 5.78. The van der Waals surface area contributed by atoms with E-state index in [0.29, 0.717) is 16.6 Å². The predicted octanol–water partition coefficient (Wildman–Crippen LogP) is 5.43. The quantitative estimate of drug-likeness (QED) is 0.229. The van der Waals surface area contributed by atoms with Crippen molar-refractivity contribution < 1.29 is 19.1 Å². The number of imidazole rings is 1. The molecule has 208 valence electrons. The monoisotopic (exact) mass is 570 g/mol. The molecule has 1 aliphatic rings. The first-order valence-electron chi connectivity index (χ1n) is 13.3. The van der Waals surface area contributed by atoms with Gasteiger partial charge in [0.15, 0.2) is 0 Å². The lowest BCUT2D eigenvalue weighted by Crippen LogP contribution is -2.45. The van der Waals surface area contributed by atoms with Gasteiger partial charge in [0.05, 0.1) is 42.6 Å². The molecular weight excluding hydrogens is 542 g/mol. The van der Waals surface area contributed by atoms with Gasteiger partial charge in [-0.2, -0.15) is 0 Å². The Balaban J connectivity index is 1.33. The molecule has 1 aliphatic carbocycles. The summed E-state index contributed by atoms with van der Waals surface area (Å²) in [6.45, 7) is 0. The van der Waals surface area contributed by atoms with Gasteiger partial charge in [-0.25, -0.2) is 14.5 Å². The van der Waals surface area contributed by atoms with Gasteiger partial charge in [-0.1, -0.05) is 41.8 Å². The summed E-state index contributed by atoms with van der Waals surface area (Å²) in [6, 6.07) is 17.4. The number of hydrogen-bond acceptors (Lipinski definition) is 6. The van der Waals surface area contributed by atoms with Crippen LogP contribution in [0.2, 0.25) is 5.02 Å². The molecule has 10 nitrogen and oxygen atoms in total. The number of rotatable bonds is 9. The Morgan fingerprint density at radius 3 is 2.66 bits per heavy atom. The van der Waals surface area contributed by atoms with Crippen LogP contribution in [0.5, 0.6) is 0 Å². The fraction of sp³-hybridized carbons (Fsp3) is 0.233. The van der Waals surface area contributed by atoms with E-state index in [9.17, 15) is 4.79 Å². The number of aromatic amines is 1. The number of anilines is 1. The van der Waals surface area contributed by atoms with E-state index >= 15 is 0 Å². The van der Waals surface area contributed by atoms with Crippen LogP contribution in [-0.4, -0.2) is 45.3 Å². The minimum absolute atomic E-state index is 0.000313. The van der Waals surface area contributed by atoms with Crippen molar-refractivity contribution in [3.05, 3.63) is 95.9 Å². The van der Waals surface area contributed by atoms with Crippen molar-refractivity contribution in [2.75, 3.05) is 19.5 Å². The second kappa shape index (κ2) is 11.4. The van der Waals surface area contributed by atoms with Crippen LogP contribution >= 0.6 is 11.6 Å². The molecule has 1 atom stereocenters. The third-order valence-electron chi connectivity index (χ3n) is 7.26. The molecule has 6 rings (SSSR count). The maximum atomic E-state index is 11.5. The van der Waals surface area contributed by atoms with Crippen molar-refractivity contribution in [2.45, 2.75) is 25.2 Å². The first-order chi connectivity index (χ1) is 20.0. The van der Waals surface area contributed by atoms with E-state index in [1.54, 1.807) is 24.2 Å². The number of halogens is 1. The van der Waals surface area contributed by atoms with Crippen LogP contribution in [0.15, 0.2) is 79.4 Å². The van der Waals surface area contributed by atoms with Crippen molar-refractivity contribution in [3.8, 4) is 28.1 Å². The highest BCUT2D eigenvalue weighted by Gasteiger charge is 2.35. The van der Waals surface area contributed by atoms with Crippen LogP contribution in [0.4, 0.5) is 10.5 Å². The smallest absolute Gasteiger partial charge is 0.411 e. The fourth-order valence-electron chi connectivity index (χ4n) is 4.98. The molecule has 0 radical (unpaired) electrons. The minimum atomic E-state index is -0.507. The Hall–Kier alpha value is -4.70. The minimum Gasteiger partial charge on any atom is -0.453 e. The summed E-state index contributed by atoms with van der Waals surface area (Å²) in [5.41, 5.74) is 6.19. The molecule has 11 heteroatoms. The highest BCUT2D eigenvalue weighted by Crippen LogP contribution is 2.41. The average molecular weight is 571 g/mol. The highest BCUT2D eigenvalue weighted by molar-refractivity contribution is 6.31. The molecule has 2 N–H and O–H groups in total. The molecule has 1 saturated carbocycles. The summed E-state index contributed by atoms with van der Waals surface area (Å²) in [5, 5.41) is 11.4. The van der Waals surface area contributed by atoms with E-state index in [2.05, 4.69) is 37.5 Å². The Bertz CT molecular complexity index is 1660. The largest absolute Gasteiger partial charge is 0.453 e. The molecule has 3 aromatic heterocycles. The van der Waals surface area contributed by atoms with Crippen molar-refractivity contribution in [1.29, 1.82) is 0 Å². The highest BCUT2D eigenvalue weighted by atomic mass is 35.5. The lowest BCUT2D eigenvalue weighted by atomic mass is 9.95. The Labute approximate surface area is 241 Å². The van der Waals surface area contributed by atoms with Crippen LogP contribution < -0.4 is 14.9 Å². The molecule has 1 amide bonds. The molecule has 0 spiro atoms. The molecule has 0 saturated heterocycles. The topological polar surface area (TPSA) is 111 Å². The fourth-order valence-corrected chi connectivity index (χ4v) is 5.15. The molecule has 2 aromatic carbocycles. The molecule has 0 bridgehead atoms. The lowest BCUT2D eigenvalue weighted by molar-refractivity contribution is -0.890. The maximum Gasteiger partial charge on any atom is 0.411 e. The van der Waals surface area contributed by atoms with Gasteiger partial charge in [0, 0.05) is 27.1 Å². The zero-order chi connectivity index (χ0) is 28.3. The molecular formula is C30H29ClN7O3+. The summed E-state index contributed by atoms with van der Waals surface area (Å²) in [4.78, 5) is 25.7. The summed E-state index contributed by atoms with van der Waals surface area (Å²) in [5.74, 6) is 1.52. The van der Waals surface area contributed by atoms with Gasteiger partial charge in [0.25, 0.3) is 0 Å². The van der Waals surface area contributed by atoms with E-state index in [1.165, 1.54) is 20.0 Å². The first-order valence-corrected chi connectivity index (χ1v) is 13.7. The number of nitrogens with zero attached hydrogens (tertiary/aromatic N) is 5. The molecule has 1 fully saturated rings. The van der Waals surface area contributed by atoms with Crippen LogP contribution in [0.25, 0.3) is 28.1 Å². The molecule has 0 aliphatic heterocycles. The van der Waals surface area contributed by atoms with E-state index in [0.717, 1.165) is 46.0 Å². The van der Waals surface area contributed by atoms with E-state index in [-0.39, 0.29) is 5.92 Å². The summed E-state index contributed by atoms with van der Waals surface area (Å²) >= 11 is 6.40. The number of aromatic nitrogens is 6. The molecule has 1 unspecified atom stereocenters. The average Bonchev–Trinajstić information content (AvgIpc) is 3.42. The Morgan fingerprint density at radius 1 is 1.15 bits per heavy atom. The number of hydrogen-bond donors (Lipinski definition) is 2. The Kier molecular flexibility index (Phi) is 7.39. The number of H-pyrrole nitrogens is 1. The van der Waals surface area contributed by atoms with Gasteiger partial charge in [0.1, 0.15) is 18.9 Å². The molecule has 41 heavy (non-hydrogen) atoms. The number of carbonyl (C=O) groups excluding carboxylic acids is 1. The van der Waals surface area contributed by atoms with Crippen molar-refractivity contribution in [2.24, 2.45) is 5.92 Å². The second-order valence-electron chi connectivity index (χ2n) is 9.97. The third-order valence-corrected chi connectivity index (χ3v) is 7.49. The number of nitrogens with one attached hydrogen (secondary N) is 2. The van der Waals surface area contributed by atoms with Crippen molar-refractivity contribution in [1.82, 2.24) is 25.0 Å². The number of methoxy groups -OCH3 is 1. The molecule has 5 aromatic rings. The second-order valence-corrected chi connectivity index (χ2v) is 10.4. The summed E-state index contributed by atoms with van der Waals surface area (Å²) in [6.07, 6.45) is 10.1. The van der Waals surface area contributed by atoms with Crippen molar-refractivity contribution in [3.63, 3.8) is 0 Å². The van der Waals surface area contributed by atoms with E-state index in [4.69, 9.17) is 21.4 Å². The zero-order valence-corrected chi connectivity index (χ0v) is 23.4. The van der Waals surface area contributed by atoms with Gasteiger partial charge in [0.2, 0.25) is 11.9 Å². The Morgan fingerprint density at radius 2 is 1.95 bits per heavy atom.